The zero-order chi connectivity index (χ0) is 21.5. The van der Waals surface area contributed by atoms with Crippen LogP contribution < -0.4 is 4.74 Å². The Morgan fingerprint density at radius 3 is 2.77 bits per heavy atom. The Bertz CT molecular complexity index is 949. The molecular weight excluding hydrogens is 376 g/mol. The lowest BCUT2D eigenvalue weighted by Crippen LogP contribution is -2.55. The Morgan fingerprint density at radius 1 is 1.33 bits per heavy atom. The predicted octanol–water partition coefficient (Wildman–Crippen LogP) is 4.77. The average molecular weight is 409 g/mol. The predicted molar refractivity (Wildman–Crippen MR) is 118 cm³/mol. The third kappa shape index (κ3) is 3.83. The Labute approximate surface area is 179 Å². The van der Waals surface area contributed by atoms with E-state index < -0.39 is 5.41 Å². The van der Waals surface area contributed by atoms with Gasteiger partial charge in [-0.2, -0.15) is 0 Å². The number of ether oxygens (including phenoxy) is 2. The van der Waals surface area contributed by atoms with Gasteiger partial charge < -0.3 is 9.47 Å². The second-order valence-electron chi connectivity index (χ2n) is 9.61. The quantitative estimate of drug-likeness (QED) is 0.527. The van der Waals surface area contributed by atoms with E-state index >= 15 is 0 Å². The number of methoxy groups -OCH3 is 1. The van der Waals surface area contributed by atoms with Crippen molar-refractivity contribution in [2.75, 3.05) is 20.2 Å². The van der Waals surface area contributed by atoms with Crippen LogP contribution in [0.15, 0.2) is 43.1 Å². The summed E-state index contributed by atoms with van der Waals surface area (Å²) in [5, 5.41) is 0.978. The number of hydrogen-bond acceptors (Lipinski definition) is 5. The van der Waals surface area contributed by atoms with Crippen LogP contribution in [0.25, 0.3) is 10.9 Å². The number of carbonyl (C=O) groups excluding carboxylic acids is 1. The first-order valence-corrected chi connectivity index (χ1v) is 10.8. The Balaban J connectivity index is 1.78. The fourth-order valence-corrected chi connectivity index (χ4v) is 4.86. The smallest absolute Gasteiger partial charge is 0.311 e. The number of benzene rings is 1. The van der Waals surface area contributed by atoms with Gasteiger partial charge in [0, 0.05) is 23.7 Å². The standard InChI is InChI=1S/C25H32N2O3/c1-6-16-15-27-12-10-17(16)13-22(27)23(30-24(28)25(2,3)4)19-9-11-26-21-8-7-18(29-5)14-20(19)21/h6-9,11,14,16-17,22-23H,1,10,12-13,15H2,2-5H3/t16?,17?,22?,23-/m0/s1. The second kappa shape index (κ2) is 8.03. The molecule has 0 spiro atoms. The summed E-state index contributed by atoms with van der Waals surface area (Å²) in [7, 11) is 1.66. The lowest BCUT2D eigenvalue weighted by Gasteiger charge is -2.51. The maximum absolute atomic E-state index is 13.0. The second-order valence-corrected chi connectivity index (χ2v) is 9.61. The van der Waals surface area contributed by atoms with Crippen LogP contribution in [-0.2, 0) is 9.53 Å². The first-order valence-electron chi connectivity index (χ1n) is 10.8. The number of piperidine rings is 3. The maximum atomic E-state index is 13.0. The third-order valence-corrected chi connectivity index (χ3v) is 6.64. The van der Waals surface area contributed by atoms with E-state index in [2.05, 4.69) is 22.5 Å². The molecular formula is C25H32N2O3. The molecule has 4 unspecified atom stereocenters. The summed E-state index contributed by atoms with van der Waals surface area (Å²) in [6.45, 7) is 11.8. The maximum Gasteiger partial charge on any atom is 0.311 e. The molecule has 3 fully saturated rings. The van der Waals surface area contributed by atoms with Crippen molar-refractivity contribution >= 4 is 16.9 Å². The van der Waals surface area contributed by atoms with E-state index in [-0.39, 0.29) is 18.1 Å². The first kappa shape index (κ1) is 20.9. The van der Waals surface area contributed by atoms with Crippen LogP contribution in [0.3, 0.4) is 0 Å². The third-order valence-electron chi connectivity index (χ3n) is 6.64. The molecule has 4 heterocycles. The molecule has 0 radical (unpaired) electrons. The summed E-state index contributed by atoms with van der Waals surface area (Å²) >= 11 is 0. The van der Waals surface area contributed by atoms with Gasteiger partial charge in [0.15, 0.2) is 0 Å². The van der Waals surface area contributed by atoms with Gasteiger partial charge in [-0.3, -0.25) is 14.7 Å². The summed E-state index contributed by atoms with van der Waals surface area (Å²) in [6, 6.07) is 8.02. The molecule has 2 aromatic rings. The van der Waals surface area contributed by atoms with Crippen molar-refractivity contribution < 1.29 is 14.3 Å². The van der Waals surface area contributed by atoms with Crippen LogP contribution in [-0.4, -0.2) is 42.1 Å². The Morgan fingerprint density at radius 2 is 2.13 bits per heavy atom. The molecule has 3 aliphatic heterocycles. The van der Waals surface area contributed by atoms with Gasteiger partial charge in [-0.1, -0.05) is 6.08 Å². The highest BCUT2D eigenvalue weighted by molar-refractivity contribution is 5.84. The summed E-state index contributed by atoms with van der Waals surface area (Å²) in [5.74, 6) is 1.71. The molecule has 0 aliphatic carbocycles. The number of rotatable bonds is 5. The summed E-state index contributed by atoms with van der Waals surface area (Å²) in [6.07, 6.45) is 5.74. The first-order chi connectivity index (χ1) is 14.3. The van der Waals surface area contributed by atoms with E-state index in [1.54, 1.807) is 7.11 Å². The highest BCUT2D eigenvalue weighted by atomic mass is 16.5. The topological polar surface area (TPSA) is 51.7 Å². The van der Waals surface area contributed by atoms with Crippen LogP contribution in [0.4, 0.5) is 0 Å². The molecule has 5 nitrogen and oxygen atoms in total. The van der Waals surface area contributed by atoms with Crippen molar-refractivity contribution in [1.29, 1.82) is 0 Å². The van der Waals surface area contributed by atoms with E-state index in [0.717, 1.165) is 41.7 Å². The van der Waals surface area contributed by atoms with Crippen molar-refractivity contribution in [3.05, 3.63) is 48.7 Å². The monoisotopic (exact) mass is 408 g/mol. The molecule has 0 saturated carbocycles. The van der Waals surface area contributed by atoms with Gasteiger partial charge >= 0.3 is 5.97 Å². The van der Waals surface area contributed by atoms with Gasteiger partial charge in [-0.15, -0.1) is 6.58 Å². The van der Waals surface area contributed by atoms with Crippen molar-refractivity contribution in [3.8, 4) is 5.75 Å². The number of aromatic nitrogens is 1. The lowest BCUT2D eigenvalue weighted by atomic mass is 9.73. The molecule has 2 bridgehead atoms. The van der Waals surface area contributed by atoms with E-state index in [4.69, 9.17) is 9.47 Å². The lowest BCUT2D eigenvalue weighted by molar-refractivity contribution is -0.166. The van der Waals surface area contributed by atoms with Crippen molar-refractivity contribution in [2.45, 2.75) is 45.8 Å². The highest BCUT2D eigenvalue weighted by Gasteiger charge is 2.45. The van der Waals surface area contributed by atoms with Gasteiger partial charge in [-0.25, -0.2) is 0 Å². The minimum absolute atomic E-state index is 0.156. The Kier molecular flexibility index (Phi) is 5.58. The fraction of sp³-hybridized carbons (Fsp3) is 0.520. The van der Waals surface area contributed by atoms with Crippen LogP contribution in [0.1, 0.15) is 45.3 Å². The highest BCUT2D eigenvalue weighted by Crippen LogP contribution is 2.44. The molecule has 0 N–H and O–H groups in total. The number of carbonyl (C=O) groups is 1. The van der Waals surface area contributed by atoms with Crippen molar-refractivity contribution in [3.63, 3.8) is 0 Å². The number of nitrogens with zero attached hydrogens (tertiary/aromatic N) is 2. The SMILES string of the molecule is C=CC1CN2CCC1CC2[C@@H](OC(=O)C(C)(C)C)c1ccnc2ccc(OC)cc12. The normalized spacial score (nSPS) is 26.9. The van der Waals surface area contributed by atoms with Crippen LogP contribution in [0.5, 0.6) is 5.75 Å². The van der Waals surface area contributed by atoms with E-state index in [0.29, 0.717) is 11.8 Å². The zero-order valence-corrected chi connectivity index (χ0v) is 18.4. The molecule has 5 rings (SSSR count). The molecule has 30 heavy (non-hydrogen) atoms. The van der Waals surface area contributed by atoms with Gasteiger partial charge in [0.05, 0.1) is 24.1 Å². The molecule has 0 amide bonds. The number of esters is 1. The van der Waals surface area contributed by atoms with Gasteiger partial charge in [0.25, 0.3) is 0 Å². The van der Waals surface area contributed by atoms with Crippen molar-refractivity contribution in [2.24, 2.45) is 17.3 Å². The zero-order valence-electron chi connectivity index (χ0n) is 18.4. The van der Waals surface area contributed by atoms with Crippen LogP contribution in [0, 0.1) is 17.3 Å². The summed E-state index contributed by atoms with van der Waals surface area (Å²) < 4.78 is 11.7. The minimum Gasteiger partial charge on any atom is -0.497 e. The average Bonchev–Trinajstić information content (AvgIpc) is 2.76. The van der Waals surface area contributed by atoms with Crippen LogP contribution in [0.2, 0.25) is 0 Å². The molecule has 3 aliphatic rings. The number of fused-ring (bicyclic) bond motifs is 4. The molecule has 3 saturated heterocycles. The van der Waals surface area contributed by atoms with E-state index in [1.807, 2.05) is 51.2 Å². The fourth-order valence-electron chi connectivity index (χ4n) is 4.86. The number of hydrogen-bond donors (Lipinski definition) is 0. The largest absolute Gasteiger partial charge is 0.497 e. The molecule has 5 heteroatoms. The van der Waals surface area contributed by atoms with Crippen molar-refractivity contribution in [1.82, 2.24) is 9.88 Å². The Hall–Kier alpha value is -2.40. The van der Waals surface area contributed by atoms with E-state index in [1.165, 1.54) is 6.42 Å². The van der Waals surface area contributed by atoms with Crippen LogP contribution >= 0.6 is 0 Å². The van der Waals surface area contributed by atoms with Gasteiger partial charge in [0.2, 0.25) is 0 Å². The van der Waals surface area contributed by atoms with E-state index in [9.17, 15) is 4.79 Å². The number of pyridine rings is 1. The minimum atomic E-state index is -0.564. The molecule has 1 aromatic carbocycles. The van der Waals surface area contributed by atoms with Gasteiger partial charge in [-0.05, 0) is 76.3 Å². The summed E-state index contributed by atoms with van der Waals surface area (Å²) in [4.78, 5) is 20.0. The molecule has 5 atom stereocenters. The molecule has 1 aromatic heterocycles. The van der Waals surface area contributed by atoms with Gasteiger partial charge in [0.1, 0.15) is 11.9 Å². The molecule has 160 valence electrons. The summed E-state index contributed by atoms with van der Waals surface area (Å²) in [5.41, 5.74) is 1.32.